The molecule has 0 spiro atoms. The van der Waals surface area contributed by atoms with Crippen molar-refractivity contribution in [1.29, 1.82) is 0 Å². The predicted molar refractivity (Wildman–Crippen MR) is 119 cm³/mol. The molecular formula is C21H28ClN3O2S. The van der Waals surface area contributed by atoms with Crippen molar-refractivity contribution in [2.75, 3.05) is 10.0 Å². The van der Waals surface area contributed by atoms with E-state index in [4.69, 9.17) is 11.6 Å². The number of aromatic nitrogens is 1. The number of hydrogen-bond donors (Lipinski definition) is 2. The van der Waals surface area contributed by atoms with Crippen LogP contribution in [0.2, 0.25) is 5.02 Å². The number of nitrogens with one attached hydrogen (secondary N) is 2. The fourth-order valence-electron chi connectivity index (χ4n) is 3.60. The Morgan fingerprint density at radius 3 is 2.54 bits per heavy atom. The molecule has 0 radical (unpaired) electrons. The molecule has 2 aromatic rings. The zero-order chi connectivity index (χ0) is 20.3. The van der Waals surface area contributed by atoms with Gasteiger partial charge >= 0.3 is 0 Å². The maximum absolute atomic E-state index is 12.9. The van der Waals surface area contributed by atoms with E-state index in [2.05, 4.69) is 17.0 Å². The maximum Gasteiger partial charge on any atom is 0.254 e. The van der Waals surface area contributed by atoms with E-state index in [0.29, 0.717) is 27.8 Å². The van der Waals surface area contributed by atoms with E-state index in [9.17, 15) is 9.00 Å². The summed E-state index contributed by atoms with van der Waals surface area (Å²) in [6.45, 7) is 3.84. The van der Waals surface area contributed by atoms with Crippen LogP contribution in [0.1, 0.15) is 50.2 Å². The lowest BCUT2D eigenvalue weighted by atomic mass is 10.0. The molecule has 0 bridgehead atoms. The Labute approximate surface area is 174 Å². The number of halogens is 1. The Kier molecular flexibility index (Phi) is 6.83. The van der Waals surface area contributed by atoms with E-state index < -0.39 is 11.0 Å². The van der Waals surface area contributed by atoms with E-state index in [-0.39, 0.29) is 10.8 Å². The lowest BCUT2D eigenvalue weighted by Crippen LogP contribution is -2.27. The molecule has 1 atom stereocenters. The van der Waals surface area contributed by atoms with Crippen molar-refractivity contribution in [2.24, 2.45) is 7.05 Å². The molecule has 1 aromatic heterocycles. The van der Waals surface area contributed by atoms with Gasteiger partial charge < -0.3 is 10.0 Å². The second kappa shape index (κ2) is 9.14. The SMILES string of the molecule is CCc1ccc(Nc2c(NS(=O)C3CCCCC3)cc(C)c(=O)n2C)c(Cl)c1. The number of anilines is 3. The van der Waals surface area contributed by atoms with Gasteiger partial charge in [0.2, 0.25) is 0 Å². The minimum absolute atomic E-state index is 0.0993. The Morgan fingerprint density at radius 1 is 1.18 bits per heavy atom. The molecule has 0 amide bonds. The minimum Gasteiger partial charge on any atom is -0.339 e. The van der Waals surface area contributed by atoms with Crippen LogP contribution >= 0.6 is 11.6 Å². The lowest BCUT2D eigenvalue weighted by Gasteiger charge is -2.23. The lowest BCUT2D eigenvalue weighted by molar-refractivity contribution is 0.506. The molecule has 1 saturated carbocycles. The molecule has 0 aliphatic heterocycles. The summed E-state index contributed by atoms with van der Waals surface area (Å²) < 4.78 is 17.6. The summed E-state index contributed by atoms with van der Waals surface area (Å²) in [5, 5.41) is 4.01. The van der Waals surface area contributed by atoms with Gasteiger partial charge in [-0.2, -0.15) is 0 Å². The summed E-state index contributed by atoms with van der Waals surface area (Å²) in [5.74, 6) is 0.561. The first-order valence-corrected chi connectivity index (χ1v) is 11.4. The van der Waals surface area contributed by atoms with Crippen LogP contribution in [-0.4, -0.2) is 14.0 Å². The number of nitrogens with zero attached hydrogens (tertiary/aromatic N) is 1. The Bertz CT molecular complexity index is 936. The van der Waals surface area contributed by atoms with E-state index in [1.807, 2.05) is 18.2 Å². The standard InChI is InChI=1S/C21H28ClN3O2S/c1-4-15-10-11-18(17(22)13-15)23-20-19(12-14(2)21(26)25(20)3)24-28(27)16-8-6-5-7-9-16/h10-13,16,23-24H,4-9H2,1-3H3. The van der Waals surface area contributed by atoms with Gasteiger partial charge in [0, 0.05) is 12.6 Å². The highest BCUT2D eigenvalue weighted by atomic mass is 35.5. The highest BCUT2D eigenvalue weighted by Gasteiger charge is 2.22. The van der Waals surface area contributed by atoms with Crippen molar-refractivity contribution in [3.63, 3.8) is 0 Å². The summed E-state index contributed by atoms with van der Waals surface area (Å²) in [4.78, 5) is 12.5. The second-order valence-corrected chi connectivity index (χ2v) is 9.28. The van der Waals surface area contributed by atoms with Gasteiger partial charge in [-0.3, -0.25) is 9.36 Å². The van der Waals surface area contributed by atoms with Crippen molar-refractivity contribution in [3.05, 3.63) is 50.8 Å². The first-order valence-electron chi connectivity index (χ1n) is 9.84. The van der Waals surface area contributed by atoms with Crippen LogP contribution in [0.5, 0.6) is 0 Å². The molecule has 2 N–H and O–H groups in total. The van der Waals surface area contributed by atoms with Crippen LogP contribution in [0, 0.1) is 6.92 Å². The van der Waals surface area contributed by atoms with Gasteiger partial charge in [-0.15, -0.1) is 0 Å². The Balaban J connectivity index is 1.94. The molecule has 1 fully saturated rings. The molecule has 5 nitrogen and oxygen atoms in total. The van der Waals surface area contributed by atoms with Gasteiger partial charge in [-0.05, 0) is 49.9 Å². The van der Waals surface area contributed by atoms with Crippen LogP contribution in [0.3, 0.4) is 0 Å². The van der Waals surface area contributed by atoms with Gasteiger partial charge in [-0.25, -0.2) is 4.21 Å². The molecule has 0 saturated heterocycles. The van der Waals surface area contributed by atoms with Crippen LogP contribution in [0.15, 0.2) is 29.1 Å². The molecule has 1 aromatic carbocycles. The van der Waals surface area contributed by atoms with Crippen LogP contribution in [0.25, 0.3) is 0 Å². The summed E-state index contributed by atoms with van der Waals surface area (Å²) in [6, 6.07) is 7.60. The van der Waals surface area contributed by atoms with E-state index in [1.54, 1.807) is 24.6 Å². The van der Waals surface area contributed by atoms with Gasteiger partial charge in [0.05, 0.1) is 21.6 Å². The summed E-state index contributed by atoms with van der Waals surface area (Å²) >= 11 is 6.43. The highest BCUT2D eigenvalue weighted by molar-refractivity contribution is 7.87. The molecule has 1 unspecified atom stereocenters. The van der Waals surface area contributed by atoms with Crippen molar-refractivity contribution >= 4 is 39.8 Å². The van der Waals surface area contributed by atoms with Gasteiger partial charge in [-0.1, -0.05) is 43.9 Å². The third kappa shape index (κ3) is 4.61. The first-order chi connectivity index (χ1) is 13.4. The highest BCUT2D eigenvalue weighted by Crippen LogP contribution is 2.31. The maximum atomic E-state index is 12.9. The van der Waals surface area contributed by atoms with Crippen molar-refractivity contribution in [3.8, 4) is 0 Å². The molecule has 1 aliphatic carbocycles. The zero-order valence-corrected chi connectivity index (χ0v) is 18.3. The third-order valence-electron chi connectivity index (χ3n) is 5.35. The number of rotatable bonds is 6. The number of pyridine rings is 1. The molecule has 3 rings (SSSR count). The number of benzene rings is 1. The first kappa shape index (κ1) is 20.9. The Hall–Kier alpha value is -1.79. The fraction of sp³-hybridized carbons (Fsp3) is 0.476. The largest absolute Gasteiger partial charge is 0.339 e. The van der Waals surface area contributed by atoms with Gasteiger partial charge in [0.25, 0.3) is 5.56 Å². The van der Waals surface area contributed by atoms with Crippen LogP contribution in [-0.2, 0) is 24.5 Å². The summed E-state index contributed by atoms with van der Waals surface area (Å²) in [6.07, 6.45) is 6.29. The number of hydrogen-bond acceptors (Lipinski definition) is 3. The van der Waals surface area contributed by atoms with Crippen molar-refractivity contribution in [1.82, 2.24) is 4.57 Å². The topological polar surface area (TPSA) is 63.1 Å². The number of aryl methyl sites for hydroxylation is 2. The predicted octanol–water partition coefficient (Wildman–Crippen LogP) is 5.06. The molecule has 7 heteroatoms. The molecule has 1 aliphatic rings. The quantitative estimate of drug-likeness (QED) is 0.685. The smallest absolute Gasteiger partial charge is 0.254 e. The molecular weight excluding hydrogens is 394 g/mol. The molecule has 152 valence electrons. The molecule has 28 heavy (non-hydrogen) atoms. The van der Waals surface area contributed by atoms with Crippen LogP contribution < -0.4 is 15.6 Å². The van der Waals surface area contributed by atoms with Gasteiger partial charge in [0.15, 0.2) is 0 Å². The van der Waals surface area contributed by atoms with Crippen LogP contribution in [0.4, 0.5) is 17.2 Å². The second-order valence-electron chi connectivity index (χ2n) is 7.41. The van der Waals surface area contributed by atoms with Crippen molar-refractivity contribution in [2.45, 2.75) is 57.6 Å². The minimum atomic E-state index is -1.20. The average Bonchev–Trinajstić information content (AvgIpc) is 2.70. The third-order valence-corrected chi connectivity index (χ3v) is 7.16. The normalized spacial score (nSPS) is 16.0. The van der Waals surface area contributed by atoms with E-state index >= 15 is 0 Å². The fourth-order valence-corrected chi connectivity index (χ4v) is 5.15. The molecule has 1 heterocycles. The summed E-state index contributed by atoms with van der Waals surface area (Å²) in [7, 11) is 0.511. The van der Waals surface area contributed by atoms with E-state index in [1.165, 1.54) is 6.42 Å². The Morgan fingerprint density at radius 2 is 1.89 bits per heavy atom. The zero-order valence-electron chi connectivity index (χ0n) is 16.7. The average molecular weight is 422 g/mol. The van der Waals surface area contributed by atoms with Gasteiger partial charge in [0.1, 0.15) is 16.8 Å². The monoisotopic (exact) mass is 421 g/mol. The summed E-state index contributed by atoms with van der Waals surface area (Å²) in [5.41, 5.74) is 3.01. The van der Waals surface area contributed by atoms with E-state index in [0.717, 1.165) is 37.7 Å². The van der Waals surface area contributed by atoms with Crippen molar-refractivity contribution < 1.29 is 4.21 Å².